The summed E-state index contributed by atoms with van der Waals surface area (Å²) in [5.41, 5.74) is 0. The molecule has 1 saturated carbocycles. The molecule has 1 fully saturated rings. The van der Waals surface area contributed by atoms with Crippen molar-refractivity contribution in [2.45, 2.75) is 77.2 Å². The highest BCUT2D eigenvalue weighted by molar-refractivity contribution is 5.84. The number of carbonyl (C=O) groups excluding carboxylic acids is 2. The van der Waals surface area contributed by atoms with E-state index in [1.807, 2.05) is 6.92 Å². The van der Waals surface area contributed by atoms with E-state index in [-0.39, 0.29) is 30.8 Å². The second kappa shape index (κ2) is 11.0. The number of rotatable bonds is 10. The number of carbonyl (C=O) groups is 3. The number of aliphatic carboxylic acids is 1. The smallest absolute Gasteiger partial charge is 0.303 e. The van der Waals surface area contributed by atoms with Gasteiger partial charge in [-0.1, -0.05) is 39.0 Å². The Labute approximate surface area is 138 Å². The largest absolute Gasteiger partial charge is 0.481 e. The van der Waals surface area contributed by atoms with Gasteiger partial charge in [0.15, 0.2) is 0 Å². The lowest BCUT2D eigenvalue weighted by Gasteiger charge is -2.27. The molecule has 1 rings (SSSR count). The molecule has 1 aliphatic carbocycles. The first-order valence-corrected chi connectivity index (χ1v) is 8.79. The van der Waals surface area contributed by atoms with Crippen LogP contribution in [0.1, 0.15) is 71.1 Å². The zero-order valence-corrected chi connectivity index (χ0v) is 14.1. The van der Waals surface area contributed by atoms with Gasteiger partial charge in [0.1, 0.15) is 0 Å². The quantitative estimate of drug-likeness (QED) is 0.573. The standard InChI is InChI=1S/C17H30N2O4/c1-2-6-15(20)18-12-16(21)19-14(9-10-17(22)23)11-13-7-4-3-5-8-13/h13-14H,2-12H2,1H3,(H,18,20)(H,19,21)(H,22,23). The molecule has 0 bridgehead atoms. The normalized spacial score (nSPS) is 16.6. The fourth-order valence-corrected chi connectivity index (χ4v) is 3.14. The van der Waals surface area contributed by atoms with Crippen molar-refractivity contribution < 1.29 is 19.5 Å². The van der Waals surface area contributed by atoms with Crippen LogP contribution in [0.15, 0.2) is 0 Å². The van der Waals surface area contributed by atoms with Crippen molar-refractivity contribution in [1.29, 1.82) is 0 Å². The lowest BCUT2D eigenvalue weighted by Crippen LogP contribution is -2.43. The number of nitrogens with one attached hydrogen (secondary N) is 2. The summed E-state index contributed by atoms with van der Waals surface area (Å²) in [5, 5.41) is 14.4. The molecule has 0 spiro atoms. The van der Waals surface area contributed by atoms with E-state index >= 15 is 0 Å². The van der Waals surface area contributed by atoms with Crippen molar-refractivity contribution in [3.05, 3.63) is 0 Å². The molecule has 2 amide bonds. The molecule has 132 valence electrons. The van der Waals surface area contributed by atoms with Crippen LogP contribution in [-0.2, 0) is 14.4 Å². The van der Waals surface area contributed by atoms with Crippen molar-refractivity contribution in [3.8, 4) is 0 Å². The maximum atomic E-state index is 12.0. The molecule has 0 aromatic rings. The van der Waals surface area contributed by atoms with E-state index < -0.39 is 5.97 Å². The number of carboxylic acid groups (broad SMARTS) is 1. The summed E-state index contributed by atoms with van der Waals surface area (Å²) < 4.78 is 0. The number of hydrogen-bond acceptors (Lipinski definition) is 3. The fourth-order valence-electron chi connectivity index (χ4n) is 3.14. The SMILES string of the molecule is CCCC(=O)NCC(=O)NC(CCC(=O)O)CC1CCCCC1. The van der Waals surface area contributed by atoms with E-state index in [1.54, 1.807) is 0 Å². The highest BCUT2D eigenvalue weighted by Crippen LogP contribution is 2.28. The van der Waals surface area contributed by atoms with Gasteiger partial charge in [-0.3, -0.25) is 14.4 Å². The summed E-state index contributed by atoms with van der Waals surface area (Å²) in [6, 6.07) is -0.121. The topological polar surface area (TPSA) is 95.5 Å². The third-order valence-electron chi connectivity index (χ3n) is 4.34. The Kier molecular flexibility index (Phi) is 9.33. The van der Waals surface area contributed by atoms with Crippen LogP contribution in [0, 0.1) is 5.92 Å². The van der Waals surface area contributed by atoms with Gasteiger partial charge in [0.2, 0.25) is 11.8 Å². The Hall–Kier alpha value is -1.59. The molecule has 1 atom stereocenters. The lowest BCUT2D eigenvalue weighted by atomic mass is 9.84. The van der Waals surface area contributed by atoms with Gasteiger partial charge < -0.3 is 15.7 Å². The summed E-state index contributed by atoms with van der Waals surface area (Å²) in [6.45, 7) is 1.87. The van der Waals surface area contributed by atoms with Crippen molar-refractivity contribution in [1.82, 2.24) is 10.6 Å². The second-order valence-corrected chi connectivity index (χ2v) is 6.46. The number of amides is 2. The van der Waals surface area contributed by atoms with E-state index in [4.69, 9.17) is 5.11 Å². The summed E-state index contributed by atoms with van der Waals surface area (Å²) in [4.78, 5) is 34.2. The van der Waals surface area contributed by atoms with Crippen LogP contribution in [0.4, 0.5) is 0 Å². The minimum Gasteiger partial charge on any atom is -0.481 e. The van der Waals surface area contributed by atoms with Gasteiger partial charge in [0.25, 0.3) is 0 Å². The van der Waals surface area contributed by atoms with Gasteiger partial charge in [-0.25, -0.2) is 0 Å². The molecule has 23 heavy (non-hydrogen) atoms. The predicted molar refractivity (Wildman–Crippen MR) is 87.9 cm³/mol. The minimum atomic E-state index is -0.843. The average molecular weight is 326 g/mol. The monoisotopic (exact) mass is 326 g/mol. The molecule has 0 heterocycles. The van der Waals surface area contributed by atoms with Crippen LogP contribution in [0.2, 0.25) is 0 Å². The molecular weight excluding hydrogens is 296 g/mol. The van der Waals surface area contributed by atoms with Gasteiger partial charge in [-0.15, -0.1) is 0 Å². The fraction of sp³-hybridized carbons (Fsp3) is 0.824. The van der Waals surface area contributed by atoms with E-state index in [0.29, 0.717) is 18.8 Å². The van der Waals surface area contributed by atoms with Crippen molar-refractivity contribution in [2.24, 2.45) is 5.92 Å². The predicted octanol–water partition coefficient (Wildman–Crippen LogP) is 2.22. The van der Waals surface area contributed by atoms with E-state index in [2.05, 4.69) is 10.6 Å². The first-order valence-electron chi connectivity index (χ1n) is 8.79. The molecule has 0 aromatic carbocycles. The summed E-state index contributed by atoms with van der Waals surface area (Å²) in [6.07, 6.45) is 8.52. The highest BCUT2D eigenvalue weighted by Gasteiger charge is 2.21. The van der Waals surface area contributed by atoms with Crippen LogP contribution in [0.25, 0.3) is 0 Å². The third-order valence-corrected chi connectivity index (χ3v) is 4.34. The van der Waals surface area contributed by atoms with Gasteiger partial charge in [-0.05, 0) is 25.2 Å². The summed E-state index contributed by atoms with van der Waals surface area (Å²) in [5.74, 6) is -0.640. The van der Waals surface area contributed by atoms with Crippen LogP contribution in [0.5, 0.6) is 0 Å². The molecule has 6 heteroatoms. The molecule has 1 unspecified atom stereocenters. The Morgan fingerprint density at radius 2 is 1.78 bits per heavy atom. The van der Waals surface area contributed by atoms with E-state index in [0.717, 1.165) is 25.7 Å². The first-order chi connectivity index (χ1) is 11.0. The van der Waals surface area contributed by atoms with E-state index in [9.17, 15) is 14.4 Å². The Bertz CT molecular complexity index is 392. The molecule has 6 nitrogen and oxygen atoms in total. The van der Waals surface area contributed by atoms with Gasteiger partial charge in [0, 0.05) is 18.9 Å². The van der Waals surface area contributed by atoms with Crippen LogP contribution < -0.4 is 10.6 Å². The summed E-state index contributed by atoms with van der Waals surface area (Å²) in [7, 11) is 0. The minimum absolute atomic E-state index is 0.0347. The zero-order chi connectivity index (χ0) is 17.1. The number of hydrogen-bond donors (Lipinski definition) is 3. The van der Waals surface area contributed by atoms with Crippen LogP contribution in [0.3, 0.4) is 0 Å². The maximum absolute atomic E-state index is 12.0. The van der Waals surface area contributed by atoms with Crippen molar-refractivity contribution in [2.75, 3.05) is 6.54 Å². The number of carboxylic acids is 1. The van der Waals surface area contributed by atoms with Crippen LogP contribution >= 0.6 is 0 Å². The second-order valence-electron chi connectivity index (χ2n) is 6.46. The molecule has 0 radical (unpaired) electrons. The van der Waals surface area contributed by atoms with Crippen LogP contribution in [-0.4, -0.2) is 35.5 Å². The Morgan fingerprint density at radius 3 is 2.39 bits per heavy atom. The molecule has 3 N–H and O–H groups in total. The molecular formula is C17H30N2O4. The molecule has 1 aliphatic rings. The first kappa shape index (κ1) is 19.5. The van der Waals surface area contributed by atoms with Gasteiger partial charge in [-0.2, -0.15) is 0 Å². The van der Waals surface area contributed by atoms with Gasteiger partial charge >= 0.3 is 5.97 Å². The highest BCUT2D eigenvalue weighted by atomic mass is 16.4. The van der Waals surface area contributed by atoms with Crippen molar-refractivity contribution in [3.63, 3.8) is 0 Å². The Morgan fingerprint density at radius 1 is 1.09 bits per heavy atom. The average Bonchev–Trinajstić information content (AvgIpc) is 2.52. The summed E-state index contributed by atoms with van der Waals surface area (Å²) >= 11 is 0. The van der Waals surface area contributed by atoms with Crippen molar-refractivity contribution >= 4 is 17.8 Å². The maximum Gasteiger partial charge on any atom is 0.303 e. The zero-order valence-electron chi connectivity index (χ0n) is 14.1. The van der Waals surface area contributed by atoms with E-state index in [1.165, 1.54) is 19.3 Å². The van der Waals surface area contributed by atoms with Gasteiger partial charge in [0.05, 0.1) is 6.54 Å². The molecule has 0 aliphatic heterocycles. The molecule has 0 aromatic heterocycles. The lowest BCUT2D eigenvalue weighted by molar-refractivity contribution is -0.137. The Balaban J connectivity index is 2.41. The third kappa shape index (κ3) is 9.21. The molecule has 0 saturated heterocycles.